The number of hydrogen-bond donors (Lipinski definition) is 1. The first kappa shape index (κ1) is 11.8. The molecule has 1 aromatic carbocycles. The minimum absolute atomic E-state index is 0.00148. The molecule has 1 aliphatic heterocycles. The third kappa shape index (κ3) is 3.15. The Morgan fingerprint density at radius 3 is 2.81 bits per heavy atom. The van der Waals surface area contributed by atoms with Crippen molar-refractivity contribution in [3.05, 3.63) is 28.7 Å². The quantitative estimate of drug-likeness (QED) is 0.865. The first-order valence-corrected chi connectivity index (χ1v) is 7.10. The van der Waals surface area contributed by atoms with Crippen LogP contribution in [0.15, 0.2) is 28.7 Å². The maximum Gasteiger partial charge on any atom is 0.321 e. The van der Waals surface area contributed by atoms with Gasteiger partial charge in [-0.15, -0.1) is 0 Å². The predicted molar refractivity (Wildman–Crippen MR) is 72.1 cm³/mol. The molecule has 0 aromatic heterocycles. The van der Waals surface area contributed by atoms with Crippen molar-refractivity contribution in [3.63, 3.8) is 0 Å². The van der Waals surface area contributed by atoms with E-state index in [1.165, 1.54) is 0 Å². The van der Waals surface area contributed by atoms with E-state index in [0.717, 1.165) is 34.8 Å². The summed E-state index contributed by atoms with van der Waals surface area (Å²) in [5.41, 5.74) is 0.831. The molecule has 1 fully saturated rings. The first-order chi connectivity index (χ1) is 7.75. The second kappa shape index (κ2) is 5.59. The zero-order valence-corrected chi connectivity index (χ0v) is 11.2. The second-order valence-electron chi connectivity index (χ2n) is 3.54. The first-order valence-electron chi connectivity index (χ1n) is 5.15. The summed E-state index contributed by atoms with van der Waals surface area (Å²) < 4.78 is 0.972. The lowest BCUT2D eigenvalue weighted by Crippen LogP contribution is -2.40. The van der Waals surface area contributed by atoms with Crippen LogP contribution >= 0.6 is 27.7 Å². The number of nitrogens with zero attached hydrogens (tertiary/aromatic N) is 1. The van der Waals surface area contributed by atoms with Crippen LogP contribution in [0.2, 0.25) is 0 Å². The molecule has 1 saturated heterocycles. The number of urea groups is 1. The van der Waals surface area contributed by atoms with Gasteiger partial charge in [-0.25, -0.2) is 4.79 Å². The van der Waals surface area contributed by atoms with Crippen LogP contribution < -0.4 is 5.32 Å². The zero-order chi connectivity index (χ0) is 11.4. The van der Waals surface area contributed by atoms with Gasteiger partial charge in [-0.2, -0.15) is 11.8 Å². The fourth-order valence-corrected chi connectivity index (χ4v) is 2.84. The van der Waals surface area contributed by atoms with Crippen LogP contribution in [0.25, 0.3) is 0 Å². The summed E-state index contributed by atoms with van der Waals surface area (Å²) in [7, 11) is 0. The molecule has 1 heterocycles. The minimum atomic E-state index is -0.00148. The van der Waals surface area contributed by atoms with Crippen molar-refractivity contribution in [1.29, 1.82) is 0 Å². The summed E-state index contributed by atoms with van der Waals surface area (Å²) >= 11 is 5.28. The van der Waals surface area contributed by atoms with Crippen LogP contribution in [-0.2, 0) is 0 Å². The Hall–Kier alpha value is -0.680. The molecule has 0 aliphatic carbocycles. The molecule has 0 bridgehead atoms. The van der Waals surface area contributed by atoms with Gasteiger partial charge < -0.3 is 10.2 Å². The fourth-order valence-electron chi connectivity index (χ4n) is 1.54. The standard InChI is InChI=1S/C11H13BrN2OS/c12-9-2-1-3-10(8-9)13-11(15)14-4-6-16-7-5-14/h1-3,8H,4-7H2,(H,13,15). The topological polar surface area (TPSA) is 32.3 Å². The molecule has 16 heavy (non-hydrogen) atoms. The third-order valence-corrected chi connectivity index (χ3v) is 3.81. The molecule has 0 atom stereocenters. The van der Waals surface area contributed by atoms with Gasteiger partial charge in [0.1, 0.15) is 0 Å². The van der Waals surface area contributed by atoms with E-state index < -0.39 is 0 Å². The highest BCUT2D eigenvalue weighted by Gasteiger charge is 2.16. The monoisotopic (exact) mass is 300 g/mol. The van der Waals surface area contributed by atoms with Crippen LogP contribution in [0.5, 0.6) is 0 Å². The van der Waals surface area contributed by atoms with Gasteiger partial charge in [0.15, 0.2) is 0 Å². The zero-order valence-electron chi connectivity index (χ0n) is 8.78. The van der Waals surface area contributed by atoms with Gasteiger partial charge in [0.25, 0.3) is 0 Å². The van der Waals surface area contributed by atoms with Crippen molar-refractivity contribution >= 4 is 39.4 Å². The number of hydrogen-bond acceptors (Lipinski definition) is 2. The highest BCUT2D eigenvalue weighted by atomic mass is 79.9. The molecule has 1 aromatic rings. The Morgan fingerprint density at radius 2 is 2.12 bits per heavy atom. The lowest BCUT2D eigenvalue weighted by molar-refractivity contribution is 0.217. The molecular weight excluding hydrogens is 288 g/mol. The number of benzene rings is 1. The third-order valence-electron chi connectivity index (χ3n) is 2.37. The van der Waals surface area contributed by atoms with Gasteiger partial charge in [-0.1, -0.05) is 22.0 Å². The number of halogens is 1. The van der Waals surface area contributed by atoms with E-state index in [0.29, 0.717) is 0 Å². The molecule has 0 unspecified atom stereocenters. The summed E-state index contributed by atoms with van der Waals surface area (Å²) in [6.07, 6.45) is 0. The van der Waals surface area contributed by atoms with Crippen LogP contribution in [0.3, 0.4) is 0 Å². The number of anilines is 1. The predicted octanol–water partition coefficient (Wildman–Crippen LogP) is 3.03. The summed E-state index contributed by atoms with van der Waals surface area (Å²) in [6.45, 7) is 1.68. The molecule has 2 amide bonds. The van der Waals surface area contributed by atoms with Gasteiger partial charge >= 0.3 is 6.03 Å². The van der Waals surface area contributed by atoms with Gasteiger partial charge in [-0.05, 0) is 18.2 Å². The number of carbonyl (C=O) groups is 1. The average Bonchev–Trinajstić information content (AvgIpc) is 2.30. The molecule has 0 saturated carbocycles. The number of nitrogens with one attached hydrogen (secondary N) is 1. The number of amides is 2. The van der Waals surface area contributed by atoms with E-state index in [1.807, 2.05) is 40.9 Å². The number of rotatable bonds is 1. The molecule has 2 rings (SSSR count). The van der Waals surface area contributed by atoms with Crippen molar-refractivity contribution in [2.24, 2.45) is 0 Å². The van der Waals surface area contributed by atoms with Crippen LogP contribution in [-0.4, -0.2) is 35.5 Å². The van der Waals surface area contributed by atoms with Gasteiger partial charge in [0.2, 0.25) is 0 Å². The average molecular weight is 301 g/mol. The lowest BCUT2D eigenvalue weighted by atomic mass is 10.3. The van der Waals surface area contributed by atoms with Crippen molar-refractivity contribution in [1.82, 2.24) is 4.90 Å². The van der Waals surface area contributed by atoms with Gasteiger partial charge in [0, 0.05) is 34.8 Å². The van der Waals surface area contributed by atoms with Crippen molar-refractivity contribution in [2.45, 2.75) is 0 Å². The maximum absolute atomic E-state index is 11.9. The van der Waals surface area contributed by atoms with Crippen molar-refractivity contribution < 1.29 is 4.79 Å². The Balaban J connectivity index is 1.96. The van der Waals surface area contributed by atoms with Crippen LogP contribution in [0, 0.1) is 0 Å². The van der Waals surface area contributed by atoms with E-state index in [1.54, 1.807) is 0 Å². The van der Waals surface area contributed by atoms with Crippen molar-refractivity contribution in [2.75, 3.05) is 29.9 Å². The Kier molecular flexibility index (Phi) is 4.12. The Morgan fingerprint density at radius 1 is 1.38 bits per heavy atom. The lowest BCUT2D eigenvalue weighted by Gasteiger charge is -2.26. The van der Waals surface area contributed by atoms with Crippen LogP contribution in [0.4, 0.5) is 10.5 Å². The minimum Gasteiger partial charge on any atom is -0.323 e. The van der Waals surface area contributed by atoms with Gasteiger partial charge in [0.05, 0.1) is 0 Å². The highest BCUT2D eigenvalue weighted by Crippen LogP contribution is 2.17. The van der Waals surface area contributed by atoms with Crippen LogP contribution in [0.1, 0.15) is 0 Å². The molecule has 0 spiro atoms. The summed E-state index contributed by atoms with van der Waals surface area (Å²) in [6, 6.07) is 7.63. The summed E-state index contributed by atoms with van der Waals surface area (Å²) in [5.74, 6) is 2.07. The maximum atomic E-state index is 11.9. The van der Waals surface area contributed by atoms with E-state index in [9.17, 15) is 4.79 Å². The molecule has 5 heteroatoms. The van der Waals surface area contributed by atoms with E-state index in [4.69, 9.17) is 0 Å². The smallest absolute Gasteiger partial charge is 0.321 e. The Bertz CT molecular complexity index is 380. The molecule has 3 nitrogen and oxygen atoms in total. The largest absolute Gasteiger partial charge is 0.323 e. The van der Waals surface area contributed by atoms with E-state index >= 15 is 0 Å². The van der Waals surface area contributed by atoms with Gasteiger partial charge in [-0.3, -0.25) is 0 Å². The molecule has 1 aliphatic rings. The summed E-state index contributed by atoms with van der Waals surface area (Å²) in [5, 5.41) is 2.90. The highest BCUT2D eigenvalue weighted by molar-refractivity contribution is 9.10. The SMILES string of the molecule is O=C(Nc1cccc(Br)c1)N1CCSCC1. The number of carbonyl (C=O) groups excluding carboxylic acids is 1. The van der Waals surface area contributed by atoms with E-state index in [2.05, 4.69) is 21.2 Å². The Labute approximate surface area is 108 Å². The van der Waals surface area contributed by atoms with E-state index in [-0.39, 0.29) is 6.03 Å². The molecule has 0 radical (unpaired) electrons. The second-order valence-corrected chi connectivity index (χ2v) is 5.68. The molecular formula is C11H13BrN2OS. The van der Waals surface area contributed by atoms with Crippen molar-refractivity contribution in [3.8, 4) is 0 Å². The normalized spacial score (nSPS) is 15.9. The molecule has 1 N–H and O–H groups in total. The summed E-state index contributed by atoms with van der Waals surface area (Å²) in [4.78, 5) is 13.7. The number of thioether (sulfide) groups is 1. The molecule has 86 valence electrons. The fraction of sp³-hybridized carbons (Fsp3) is 0.364.